The molecule has 1 aliphatic heterocycles. The third-order valence-corrected chi connectivity index (χ3v) is 4.62. The van der Waals surface area contributed by atoms with Crippen LogP contribution in [0.3, 0.4) is 0 Å². The minimum atomic E-state index is -0.264. The molecule has 1 aliphatic rings. The lowest BCUT2D eigenvalue weighted by molar-refractivity contribution is -0.122. The lowest BCUT2D eigenvalue weighted by Gasteiger charge is -2.47. The molecular weight excluding hydrogens is 286 g/mol. The quantitative estimate of drug-likeness (QED) is 0.496. The van der Waals surface area contributed by atoms with E-state index in [1.165, 1.54) is 16.7 Å². The smallest absolute Gasteiger partial charge is 0.256 e. The number of carbonyl (C=O) groups excluding carboxylic acids is 1. The second kappa shape index (κ2) is 6.75. The van der Waals surface area contributed by atoms with Crippen molar-refractivity contribution < 1.29 is 4.79 Å². The lowest BCUT2D eigenvalue weighted by atomic mass is 9.85. The maximum absolute atomic E-state index is 12.5. The predicted octanol–water partition coefficient (Wildman–Crippen LogP) is 3.55. The van der Waals surface area contributed by atoms with Gasteiger partial charge >= 0.3 is 0 Å². The number of benzene rings is 1. The number of nitrogens with one attached hydrogen (secondary N) is 1. The number of amides is 1. The Kier molecular flexibility index (Phi) is 5.15. The van der Waals surface area contributed by atoms with Crippen molar-refractivity contribution in [2.75, 3.05) is 4.90 Å². The lowest BCUT2D eigenvalue weighted by Crippen LogP contribution is -2.57. The van der Waals surface area contributed by atoms with Crippen LogP contribution >= 0.6 is 0 Å². The molecule has 0 aliphatic carbocycles. The number of rotatable bonds is 5. The van der Waals surface area contributed by atoms with Gasteiger partial charge in [0.25, 0.3) is 5.91 Å². The second-order valence-corrected chi connectivity index (χ2v) is 7.04. The Hall–Kier alpha value is -1.81. The van der Waals surface area contributed by atoms with Gasteiger partial charge in [-0.2, -0.15) is 0 Å². The number of hydrazine groups is 1. The molecule has 1 amide bonds. The molecule has 0 bridgehead atoms. The van der Waals surface area contributed by atoms with E-state index in [4.69, 9.17) is 5.84 Å². The Labute approximate surface area is 139 Å². The van der Waals surface area contributed by atoms with Crippen LogP contribution in [0.2, 0.25) is 0 Å². The standard InChI is InChI=1S/C19H29N3O/c1-6-7-8-16(18(23)21-20)22-17-11-13(2)9-10-15(17)14(3)12-19(22,4)5/h9-12,16H,6-8,20H2,1-5H3,(H,21,23)/t16-/m1/s1. The van der Waals surface area contributed by atoms with E-state index in [2.05, 4.69) is 69.2 Å². The van der Waals surface area contributed by atoms with Gasteiger partial charge in [0.05, 0.1) is 5.54 Å². The zero-order valence-corrected chi connectivity index (χ0v) is 14.9. The van der Waals surface area contributed by atoms with Crippen LogP contribution in [0, 0.1) is 6.92 Å². The van der Waals surface area contributed by atoms with Crippen molar-refractivity contribution in [2.45, 2.75) is 65.5 Å². The van der Waals surface area contributed by atoms with Gasteiger partial charge in [-0.05, 0) is 51.3 Å². The van der Waals surface area contributed by atoms with Crippen molar-refractivity contribution in [1.29, 1.82) is 0 Å². The van der Waals surface area contributed by atoms with Crippen LogP contribution in [0.25, 0.3) is 5.57 Å². The summed E-state index contributed by atoms with van der Waals surface area (Å²) in [4.78, 5) is 14.7. The molecule has 1 aromatic rings. The molecule has 126 valence electrons. The van der Waals surface area contributed by atoms with Gasteiger partial charge < -0.3 is 4.90 Å². The van der Waals surface area contributed by atoms with Gasteiger partial charge in [0.15, 0.2) is 0 Å². The molecule has 23 heavy (non-hydrogen) atoms. The summed E-state index contributed by atoms with van der Waals surface area (Å²) in [6.45, 7) is 10.7. The van der Waals surface area contributed by atoms with Gasteiger partial charge in [0, 0.05) is 11.3 Å². The third-order valence-electron chi connectivity index (χ3n) is 4.62. The molecule has 0 spiro atoms. The van der Waals surface area contributed by atoms with E-state index in [1.54, 1.807) is 0 Å². The zero-order chi connectivity index (χ0) is 17.2. The van der Waals surface area contributed by atoms with Crippen LogP contribution in [-0.4, -0.2) is 17.5 Å². The van der Waals surface area contributed by atoms with Crippen molar-refractivity contribution in [3.63, 3.8) is 0 Å². The van der Waals surface area contributed by atoms with Crippen molar-refractivity contribution in [3.05, 3.63) is 35.4 Å². The number of fused-ring (bicyclic) bond motifs is 1. The third kappa shape index (κ3) is 3.42. The van der Waals surface area contributed by atoms with Crippen molar-refractivity contribution >= 4 is 17.2 Å². The molecule has 1 heterocycles. The fourth-order valence-corrected chi connectivity index (χ4v) is 3.60. The van der Waals surface area contributed by atoms with E-state index in [9.17, 15) is 4.79 Å². The van der Waals surface area contributed by atoms with Gasteiger partial charge in [-0.25, -0.2) is 5.84 Å². The average molecular weight is 315 g/mol. The first-order valence-electron chi connectivity index (χ1n) is 8.42. The van der Waals surface area contributed by atoms with Gasteiger partial charge in [-0.15, -0.1) is 0 Å². The molecule has 4 nitrogen and oxygen atoms in total. The molecule has 0 aromatic heterocycles. The molecule has 0 saturated carbocycles. The highest BCUT2D eigenvalue weighted by Gasteiger charge is 2.38. The molecule has 0 fully saturated rings. The first kappa shape index (κ1) is 17.5. The van der Waals surface area contributed by atoms with Crippen LogP contribution in [0.5, 0.6) is 0 Å². The highest BCUT2D eigenvalue weighted by atomic mass is 16.2. The molecule has 4 heteroatoms. The van der Waals surface area contributed by atoms with E-state index < -0.39 is 0 Å². The maximum atomic E-state index is 12.5. The van der Waals surface area contributed by atoms with Gasteiger partial charge in [-0.1, -0.05) is 38.0 Å². The first-order chi connectivity index (χ1) is 10.8. The molecule has 1 aromatic carbocycles. The van der Waals surface area contributed by atoms with E-state index >= 15 is 0 Å². The Morgan fingerprint density at radius 1 is 1.35 bits per heavy atom. The molecule has 0 radical (unpaired) electrons. The minimum Gasteiger partial charge on any atom is -0.350 e. The number of aryl methyl sites for hydroxylation is 1. The molecule has 0 saturated heterocycles. The Morgan fingerprint density at radius 2 is 2.04 bits per heavy atom. The van der Waals surface area contributed by atoms with Crippen molar-refractivity contribution in [3.8, 4) is 0 Å². The number of nitrogens with two attached hydrogens (primary N) is 1. The number of allylic oxidation sites excluding steroid dienone is 1. The van der Waals surface area contributed by atoms with Crippen LogP contribution in [0.15, 0.2) is 24.3 Å². The fraction of sp³-hybridized carbons (Fsp3) is 0.526. The minimum absolute atomic E-state index is 0.119. The Balaban J connectivity index is 2.57. The summed E-state index contributed by atoms with van der Waals surface area (Å²) < 4.78 is 0. The van der Waals surface area contributed by atoms with E-state index in [0.29, 0.717) is 0 Å². The molecule has 3 N–H and O–H groups in total. The highest BCUT2D eigenvalue weighted by Crippen LogP contribution is 2.41. The van der Waals surface area contributed by atoms with E-state index in [-0.39, 0.29) is 17.5 Å². The molecule has 1 atom stereocenters. The Morgan fingerprint density at radius 3 is 2.65 bits per heavy atom. The second-order valence-electron chi connectivity index (χ2n) is 7.04. The van der Waals surface area contributed by atoms with Crippen molar-refractivity contribution in [1.82, 2.24) is 5.43 Å². The number of carbonyl (C=O) groups is 1. The van der Waals surface area contributed by atoms with Crippen LogP contribution in [0.4, 0.5) is 5.69 Å². The Bertz CT molecular complexity index is 619. The summed E-state index contributed by atoms with van der Waals surface area (Å²) in [7, 11) is 0. The topological polar surface area (TPSA) is 58.4 Å². The number of hydrogen-bond donors (Lipinski definition) is 2. The first-order valence-corrected chi connectivity index (χ1v) is 8.42. The predicted molar refractivity (Wildman–Crippen MR) is 97.0 cm³/mol. The van der Waals surface area contributed by atoms with Crippen molar-refractivity contribution in [2.24, 2.45) is 5.84 Å². The number of hydrogen-bond acceptors (Lipinski definition) is 3. The molecular formula is C19H29N3O. The molecule has 2 rings (SSSR count). The summed E-state index contributed by atoms with van der Waals surface area (Å²) in [5.74, 6) is 5.36. The maximum Gasteiger partial charge on any atom is 0.256 e. The van der Waals surface area contributed by atoms with E-state index in [0.717, 1.165) is 24.9 Å². The summed E-state index contributed by atoms with van der Waals surface area (Å²) in [6.07, 6.45) is 5.09. The number of nitrogens with zero attached hydrogens (tertiary/aromatic N) is 1. The van der Waals surface area contributed by atoms with Crippen LogP contribution in [-0.2, 0) is 4.79 Å². The number of unbranched alkanes of at least 4 members (excludes halogenated alkanes) is 1. The van der Waals surface area contributed by atoms with E-state index in [1.807, 2.05) is 0 Å². The summed E-state index contributed by atoms with van der Waals surface area (Å²) in [5, 5.41) is 0. The fourth-order valence-electron chi connectivity index (χ4n) is 3.60. The van der Waals surface area contributed by atoms with Crippen LogP contribution < -0.4 is 16.2 Å². The van der Waals surface area contributed by atoms with Gasteiger partial charge in [0.2, 0.25) is 0 Å². The average Bonchev–Trinajstić information content (AvgIpc) is 2.48. The summed E-state index contributed by atoms with van der Waals surface area (Å²) >= 11 is 0. The largest absolute Gasteiger partial charge is 0.350 e. The zero-order valence-electron chi connectivity index (χ0n) is 14.9. The van der Waals surface area contributed by atoms with Gasteiger partial charge in [-0.3, -0.25) is 10.2 Å². The summed E-state index contributed by atoms with van der Waals surface area (Å²) in [6, 6.07) is 6.18. The summed E-state index contributed by atoms with van der Waals surface area (Å²) in [5.41, 5.74) is 6.89. The van der Waals surface area contributed by atoms with Crippen LogP contribution in [0.1, 0.15) is 58.1 Å². The monoisotopic (exact) mass is 315 g/mol. The molecule has 0 unspecified atom stereocenters. The highest BCUT2D eigenvalue weighted by molar-refractivity contribution is 5.89. The number of anilines is 1. The van der Waals surface area contributed by atoms with Gasteiger partial charge in [0.1, 0.15) is 6.04 Å². The normalized spacial score (nSPS) is 17.3. The SMILES string of the molecule is CCCC[C@H](C(=O)NN)N1c2cc(C)ccc2C(C)=CC1(C)C.